The number of hydrogen-bond acceptors (Lipinski definition) is 3. The molecule has 0 heterocycles. The van der Waals surface area contributed by atoms with Gasteiger partial charge in [0.25, 0.3) is 0 Å². The zero-order chi connectivity index (χ0) is 13.0. The van der Waals surface area contributed by atoms with E-state index in [1.807, 2.05) is 0 Å². The normalized spacial score (nSPS) is 33.6. The summed E-state index contributed by atoms with van der Waals surface area (Å²) >= 11 is 0. The van der Waals surface area contributed by atoms with E-state index in [1.165, 1.54) is 32.1 Å². The predicted molar refractivity (Wildman–Crippen MR) is 71.1 cm³/mol. The lowest BCUT2D eigenvalue weighted by Gasteiger charge is -2.39. The number of nitrogens with two attached hydrogens (primary N) is 1. The van der Waals surface area contributed by atoms with Crippen LogP contribution in [0.15, 0.2) is 0 Å². The van der Waals surface area contributed by atoms with Gasteiger partial charge in [-0.1, -0.05) is 25.7 Å². The van der Waals surface area contributed by atoms with Crippen molar-refractivity contribution in [3.05, 3.63) is 0 Å². The highest BCUT2D eigenvalue weighted by atomic mass is 16.5. The molecule has 4 unspecified atom stereocenters. The largest absolute Gasteiger partial charge is 0.383 e. The SMILES string of the molecule is COCC(N)C(=O)NC1CCC2CCCCC2C1. The molecule has 0 spiro atoms. The van der Waals surface area contributed by atoms with Crippen LogP contribution in [0, 0.1) is 11.8 Å². The van der Waals surface area contributed by atoms with Crippen molar-refractivity contribution in [2.24, 2.45) is 17.6 Å². The van der Waals surface area contributed by atoms with Crippen molar-refractivity contribution in [1.29, 1.82) is 0 Å². The number of carbonyl (C=O) groups is 1. The summed E-state index contributed by atoms with van der Waals surface area (Å²) in [5, 5.41) is 3.09. The first-order valence-electron chi connectivity index (χ1n) is 7.25. The van der Waals surface area contributed by atoms with Crippen LogP contribution in [0.3, 0.4) is 0 Å². The van der Waals surface area contributed by atoms with Gasteiger partial charge in [-0.05, 0) is 31.1 Å². The molecule has 0 bridgehead atoms. The third-order valence-electron chi connectivity index (χ3n) is 4.57. The molecule has 0 radical (unpaired) electrons. The van der Waals surface area contributed by atoms with E-state index in [-0.39, 0.29) is 5.91 Å². The van der Waals surface area contributed by atoms with Gasteiger partial charge in [0.15, 0.2) is 0 Å². The van der Waals surface area contributed by atoms with Gasteiger partial charge in [-0.15, -0.1) is 0 Å². The second kappa shape index (κ2) is 6.53. The van der Waals surface area contributed by atoms with Gasteiger partial charge in [0.2, 0.25) is 5.91 Å². The number of rotatable bonds is 4. The molecular formula is C14H26N2O2. The van der Waals surface area contributed by atoms with Gasteiger partial charge in [0.05, 0.1) is 6.61 Å². The van der Waals surface area contributed by atoms with E-state index < -0.39 is 6.04 Å². The maximum absolute atomic E-state index is 11.8. The number of nitrogens with one attached hydrogen (secondary N) is 1. The molecule has 0 aliphatic heterocycles. The van der Waals surface area contributed by atoms with Crippen LogP contribution in [-0.2, 0) is 9.53 Å². The maximum Gasteiger partial charge on any atom is 0.239 e. The molecule has 0 aromatic heterocycles. The molecule has 1 amide bonds. The van der Waals surface area contributed by atoms with E-state index in [2.05, 4.69) is 5.32 Å². The van der Waals surface area contributed by atoms with Crippen molar-refractivity contribution in [2.75, 3.05) is 13.7 Å². The summed E-state index contributed by atoms with van der Waals surface area (Å²) in [4.78, 5) is 11.8. The molecule has 0 saturated heterocycles. The minimum Gasteiger partial charge on any atom is -0.383 e. The van der Waals surface area contributed by atoms with Crippen molar-refractivity contribution in [3.63, 3.8) is 0 Å². The van der Waals surface area contributed by atoms with Gasteiger partial charge in [0.1, 0.15) is 6.04 Å². The lowest BCUT2D eigenvalue weighted by molar-refractivity contribution is -0.124. The molecule has 18 heavy (non-hydrogen) atoms. The highest BCUT2D eigenvalue weighted by Crippen LogP contribution is 2.40. The number of ether oxygens (including phenoxy) is 1. The molecule has 0 aromatic rings. The summed E-state index contributed by atoms with van der Waals surface area (Å²) < 4.78 is 4.91. The van der Waals surface area contributed by atoms with Gasteiger partial charge in [-0.2, -0.15) is 0 Å². The summed E-state index contributed by atoms with van der Waals surface area (Å²) in [6.45, 7) is 0.296. The Morgan fingerprint density at radius 1 is 1.28 bits per heavy atom. The summed E-state index contributed by atoms with van der Waals surface area (Å²) in [7, 11) is 1.57. The molecule has 4 nitrogen and oxygen atoms in total. The molecule has 104 valence electrons. The topological polar surface area (TPSA) is 64.3 Å². The molecule has 3 N–H and O–H groups in total. The Morgan fingerprint density at radius 2 is 2.00 bits per heavy atom. The molecule has 2 rings (SSSR count). The number of methoxy groups -OCH3 is 1. The Kier molecular flexibility index (Phi) is 5.01. The zero-order valence-corrected chi connectivity index (χ0v) is 11.4. The fraction of sp³-hybridized carbons (Fsp3) is 0.929. The first kappa shape index (κ1) is 13.8. The van der Waals surface area contributed by atoms with Crippen LogP contribution in [0.25, 0.3) is 0 Å². The molecule has 4 heteroatoms. The summed E-state index contributed by atoms with van der Waals surface area (Å²) in [6, 6.07) is -0.196. The van der Waals surface area contributed by atoms with Crippen molar-refractivity contribution in [1.82, 2.24) is 5.32 Å². The highest BCUT2D eigenvalue weighted by Gasteiger charge is 2.33. The summed E-state index contributed by atoms with van der Waals surface area (Å²) in [6.07, 6.45) is 9.05. The predicted octanol–water partition coefficient (Wildman–Crippen LogP) is 1.44. The van der Waals surface area contributed by atoms with E-state index in [0.717, 1.165) is 24.7 Å². The van der Waals surface area contributed by atoms with E-state index in [1.54, 1.807) is 7.11 Å². The van der Waals surface area contributed by atoms with Gasteiger partial charge in [-0.25, -0.2) is 0 Å². The smallest absolute Gasteiger partial charge is 0.239 e. The Morgan fingerprint density at radius 3 is 2.72 bits per heavy atom. The molecule has 4 atom stereocenters. The molecule has 0 aromatic carbocycles. The summed E-state index contributed by atoms with van der Waals surface area (Å²) in [5.41, 5.74) is 5.74. The quantitative estimate of drug-likeness (QED) is 0.798. The van der Waals surface area contributed by atoms with Gasteiger partial charge in [-0.3, -0.25) is 4.79 Å². The average Bonchev–Trinajstić information content (AvgIpc) is 2.39. The minimum absolute atomic E-state index is 0.0592. The van der Waals surface area contributed by atoms with E-state index in [0.29, 0.717) is 12.6 Å². The maximum atomic E-state index is 11.8. The Hall–Kier alpha value is -0.610. The minimum atomic E-state index is -0.529. The average molecular weight is 254 g/mol. The van der Waals surface area contributed by atoms with Gasteiger partial charge >= 0.3 is 0 Å². The van der Waals surface area contributed by atoms with E-state index in [4.69, 9.17) is 10.5 Å². The number of amides is 1. The van der Waals surface area contributed by atoms with Crippen LogP contribution in [0.4, 0.5) is 0 Å². The van der Waals surface area contributed by atoms with Gasteiger partial charge in [0, 0.05) is 13.2 Å². The van der Waals surface area contributed by atoms with Crippen molar-refractivity contribution >= 4 is 5.91 Å². The second-order valence-electron chi connectivity index (χ2n) is 5.89. The number of hydrogen-bond donors (Lipinski definition) is 2. The fourth-order valence-corrected chi connectivity index (χ4v) is 3.57. The van der Waals surface area contributed by atoms with Crippen molar-refractivity contribution in [3.8, 4) is 0 Å². The number of carbonyl (C=O) groups excluding carboxylic acids is 1. The fourth-order valence-electron chi connectivity index (χ4n) is 3.57. The van der Waals surface area contributed by atoms with Crippen LogP contribution >= 0.6 is 0 Å². The molecule has 2 saturated carbocycles. The van der Waals surface area contributed by atoms with Crippen LogP contribution < -0.4 is 11.1 Å². The molecular weight excluding hydrogens is 228 g/mol. The van der Waals surface area contributed by atoms with Crippen molar-refractivity contribution < 1.29 is 9.53 Å². The van der Waals surface area contributed by atoms with Crippen molar-refractivity contribution in [2.45, 2.75) is 57.0 Å². The Labute approximate surface area is 110 Å². The Bertz CT molecular complexity index is 283. The highest BCUT2D eigenvalue weighted by molar-refractivity contribution is 5.81. The van der Waals surface area contributed by atoms with Gasteiger partial charge < -0.3 is 15.8 Å². The second-order valence-corrected chi connectivity index (χ2v) is 5.89. The molecule has 2 aliphatic rings. The first-order chi connectivity index (χ1) is 8.70. The molecule has 2 aliphatic carbocycles. The van der Waals surface area contributed by atoms with Crippen LogP contribution in [0.1, 0.15) is 44.9 Å². The van der Waals surface area contributed by atoms with E-state index >= 15 is 0 Å². The van der Waals surface area contributed by atoms with Crippen LogP contribution in [0.2, 0.25) is 0 Å². The zero-order valence-electron chi connectivity index (χ0n) is 11.4. The first-order valence-corrected chi connectivity index (χ1v) is 7.25. The monoisotopic (exact) mass is 254 g/mol. The lowest BCUT2D eigenvalue weighted by atomic mass is 9.69. The standard InChI is InChI=1S/C14H26N2O2/c1-18-9-13(15)14(17)16-12-7-6-10-4-2-3-5-11(10)8-12/h10-13H,2-9,15H2,1H3,(H,16,17). The molecule has 2 fully saturated rings. The third kappa shape index (κ3) is 3.45. The summed E-state index contributed by atoms with van der Waals surface area (Å²) in [5.74, 6) is 1.69. The number of fused-ring (bicyclic) bond motifs is 1. The van der Waals surface area contributed by atoms with E-state index in [9.17, 15) is 4.79 Å². The lowest BCUT2D eigenvalue weighted by Crippen LogP contribution is -2.49. The van der Waals surface area contributed by atoms with Crippen LogP contribution in [-0.4, -0.2) is 31.7 Å². The third-order valence-corrected chi connectivity index (χ3v) is 4.57. The Balaban J connectivity index is 1.78. The van der Waals surface area contributed by atoms with Crippen LogP contribution in [0.5, 0.6) is 0 Å².